The van der Waals surface area contributed by atoms with E-state index in [2.05, 4.69) is 12.1 Å². The Labute approximate surface area is 117 Å². The molecule has 0 saturated carbocycles. The third-order valence-electron chi connectivity index (χ3n) is 4.04. The van der Waals surface area contributed by atoms with Crippen molar-refractivity contribution in [3.8, 4) is 5.75 Å². The van der Waals surface area contributed by atoms with E-state index in [1.807, 2.05) is 12.1 Å². The number of aliphatic hydroxyl groups excluding tert-OH is 1. The molecule has 2 atom stereocenters. The number of halogens is 1. The number of ether oxygens (including phenoxy) is 1. The van der Waals surface area contributed by atoms with Crippen LogP contribution in [0.15, 0.2) is 42.5 Å². The predicted octanol–water partition coefficient (Wildman–Crippen LogP) is 3.60. The van der Waals surface area contributed by atoms with Crippen molar-refractivity contribution < 1.29 is 14.2 Å². The molecule has 0 saturated heterocycles. The number of benzene rings is 2. The molecule has 0 spiro atoms. The summed E-state index contributed by atoms with van der Waals surface area (Å²) in [5, 5.41) is 10.4. The van der Waals surface area contributed by atoms with Gasteiger partial charge < -0.3 is 9.84 Å². The van der Waals surface area contributed by atoms with E-state index < -0.39 is 11.9 Å². The van der Waals surface area contributed by atoms with Gasteiger partial charge in [-0.25, -0.2) is 4.39 Å². The first-order valence-electron chi connectivity index (χ1n) is 6.79. The summed E-state index contributed by atoms with van der Waals surface area (Å²) in [4.78, 5) is 0. The maximum atomic E-state index is 13.9. The van der Waals surface area contributed by atoms with Crippen LogP contribution in [0.4, 0.5) is 4.39 Å². The molecular formula is C17H17FO2. The largest absolute Gasteiger partial charge is 0.496 e. The number of aliphatic hydroxyl groups is 1. The molecule has 2 nitrogen and oxygen atoms in total. The first-order chi connectivity index (χ1) is 9.70. The maximum Gasteiger partial charge on any atom is 0.132 e. The van der Waals surface area contributed by atoms with Crippen molar-refractivity contribution in [2.24, 2.45) is 0 Å². The highest BCUT2D eigenvalue weighted by Crippen LogP contribution is 2.42. The van der Waals surface area contributed by atoms with E-state index in [0.29, 0.717) is 18.1 Å². The van der Waals surface area contributed by atoms with Crippen molar-refractivity contribution >= 4 is 0 Å². The van der Waals surface area contributed by atoms with Crippen LogP contribution in [0, 0.1) is 5.82 Å². The van der Waals surface area contributed by atoms with Gasteiger partial charge in [0.2, 0.25) is 0 Å². The molecule has 0 fully saturated rings. The zero-order valence-corrected chi connectivity index (χ0v) is 11.3. The van der Waals surface area contributed by atoms with Crippen LogP contribution < -0.4 is 4.74 Å². The monoisotopic (exact) mass is 272 g/mol. The van der Waals surface area contributed by atoms with Gasteiger partial charge in [-0.15, -0.1) is 0 Å². The van der Waals surface area contributed by atoms with E-state index in [0.717, 1.165) is 6.42 Å². The molecule has 0 amide bonds. The minimum absolute atomic E-state index is 0.263. The second kappa shape index (κ2) is 5.25. The van der Waals surface area contributed by atoms with Gasteiger partial charge in [-0.05, 0) is 42.0 Å². The van der Waals surface area contributed by atoms with E-state index in [4.69, 9.17) is 4.74 Å². The van der Waals surface area contributed by atoms with Crippen molar-refractivity contribution in [2.45, 2.75) is 24.9 Å². The van der Waals surface area contributed by atoms with Crippen molar-refractivity contribution in [2.75, 3.05) is 7.11 Å². The minimum atomic E-state index is -0.843. The number of hydrogen-bond donors (Lipinski definition) is 1. The molecule has 1 aliphatic rings. The number of methoxy groups -OCH3 is 1. The van der Waals surface area contributed by atoms with Gasteiger partial charge in [0.25, 0.3) is 0 Å². The summed E-state index contributed by atoms with van der Waals surface area (Å²) in [6, 6.07) is 12.8. The molecule has 0 heterocycles. The van der Waals surface area contributed by atoms with Crippen LogP contribution in [-0.4, -0.2) is 12.2 Å². The summed E-state index contributed by atoms with van der Waals surface area (Å²) < 4.78 is 19.1. The first-order valence-corrected chi connectivity index (χ1v) is 6.79. The van der Waals surface area contributed by atoms with Gasteiger partial charge in [-0.2, -0.15) is 0 Å². The Morgan fingerprint density at radius 3 is 2.80 bits per heavy atom. The summed E-state index contributed by atoms with van der Waals surface area (Å²) >= 11 is 0. The topological polar surface area (TPSA) is 29.5 Å². The average Bonchev–Trinajstić information content (AvgIpc) is 2.44. The Hall–Kier alpha value is -1.87. The van der Waals surface area contributed by atoms with Gasteiger partial charge in [0.1, 0.15) is 11.6 Å². The van der Waals surface area contributed by atoms with Crippen LogP contribution in [0.5, 0.6) is 5.75 Å². The highest BCUT2D eigenvalue weighted by molar-refractivity contribution is 5.41. The summed E-state index contributed by atoms with van der Waals surface area (Å²) in [6.45, 7) is 0. The summed E-state index contributed by atoms with van der Waals surface area (Å²) in [5.74, 6) is 0.292. The number of fused-ring (bicyclic) bond motifs is 1. The highest BCUT2D eigenvalue weighted by atomic mass is 19.1. The third-order valence-corrected chi connectivity index (χ3v) is 4.04. The molecule has 0 aromatic heterocycles. The fourth-order valence-electron chi connectivity index (χ4n) is 2.98. The van der Waals surface area contributed by atoms with Crippen molar-refractivity contribution in [1.29, 1.82) is 0 Å². The second-order valence-corrected chi connectivity index (χ2v) is 5.21. The van der Waals surface area contributed by atoms with Gasteiger partial charge in [0, 0.05) is 0 Å². The Bertz CT molecular complexity index is 624. The molecule has 2 unspecified atom stereocenters. The second-order valence-electron chi connectivity index (χ2n) is 5.21. The fraction of sp³-hybridized carbons (Fsp3) is 0.294. The minimum Gasteiger partial charge on any atom is -0.496 e. The van der Waals surface area contributed by atoms with Crippen molar-refractivity contribution in [3.05, 3.63) is 65.0 Å². The Kier molecular flexibility index (Phi) is 3.45. The lowest BCUT2D eigenvalue weighted by Crippen LogP contribution is -2.20. The predicted molar refractivity (Wildman–Crippen MR) is 75.4 cm³/mol. The molecule has 0 radical (unpaired) electrons. The molecule has 2 aromatic carbocycles. The van der Waals surface area contributed by atoms with Gasteiger partial charge >= 0.3 is 0 Å². The molecule has 104 valence electrons. The SMILES string of the molecule is COc1cccc(F)c1C(O)CC1Cc2ccccc21. The first kappa shape index (κ1) is 13.1. The zero-order valence-electron chi connectivity index (χ0n) is 11.3. The van der Waals surface area contributed by atoms with Crippen LogP contribution in [0.1, 0.15) is 35.1 Å². The van der Waals surface area contributed by atoms with Crippen LogP contribution in [-0.2, 0) is 6.42 Å². The van der Waals surface area contributed by atoms with Gasteiger partial charge in [0.15, 0.2) is 0 Å². The van der Waals surface area contributed by atoms with E-state index >= 15 is 0 Å². The normalized spacial score (nSPS) is 18.1. The zero-order chi connectivity index (χ0) is 14.1. The molecule has 1 aliphatic carbocycles. The molecule has 0 aliphatic heterocycles. The third kappa shape index (κ3) is 2.18. The van der Waals surface area contributed by atoms with E-state index in [1.54, 1.807) is 12.1 Å². The number of hydrogen-bond acceptors (Lipinski definition) is 2. The summed E-state index contributed by atoms with van der Waals surface area (Å²) in [7, 11) is 1.49. The summed E-state index contributed by atoms with van der Waals surface area (Å²) in [5.41, 5.74) is 2.85. The van der Waals surface area contributed by atoms with E-state index in [-0.39, 0.29) is 5.56 Å². The molecule has 20 heavy (non-hydrogen) atoms. The van der Waals surface area contributed by atoms with Gasteiger partial charge in [-0.1, -0.05) is 30.3 Å². The Morgan fingerprint density at radius 2 is 2.05 bits per heavy atom. The van der Waals surface area contributed by atoms with Crippen molar-refractivity contribution in [3.63, 3.8) is 0 Å². The summed E-state index contributed by atoms with van der Waals surface area (Å²) in [6.07, 6.45) is 0.627. The lowest BCUT2D eigenvalue weighted by Gasteiger charge is -2.32. The Balaban J connectivity index is 1.80. The quantitative estimate of drug-likeness (QED) is 0.921. The standard InChI is InChI=1S/C17H17FO2/c1-20-16-8-4-7-14(18)17(16)15(19)10-12-9-11-5-2-3-6-13(11)12/h2-8,12,15,19H,9-10H2,1H3. The van der Waals surface area contributed by atoms with E-state index in [9.17, 15) is 9.50 Å². The lowest BCUT2D eigenvalue weighted by molar-refractivity contribution is 0.145. The molecule has 3 heteroatoms. The van der Waals surface area contributed by atoms with Crippen LogP contribution in [0.3, 0.4) is 0 Å². The molecule has 1 N–H and O–H groups in total. The molecule has 3 rings (SSSR count). The highest BCUT2D eigenvalue weighted by Gasteiger charge is 2.29. The molecule has 0 bridgehead atoms. The number of rotatable bonds is 4. The van der Waals surface area contributed by atoms with Crippen LogP contribution in [0.2, 0.25) is 0 Å². The van der Waals surface area contributed by atoms with Crippen molar-refractivity contribution in [1.82, 2.24) is 0 Å². The Morgan fingerprint density at radius 1 is 1.25 bits per heavy atom. The smallest absolute Gasteiger partial charge is 0.132 e. The maximum absolute atomic E-state index is 13.9. The molecule has 2 aromatic rings. The van der Waals surface area contributed by atoms with Crippen LogP contribution >= 0.6 is 0 Å². The lowest BCUT2D eigenvalue weighted by atomic mass is 9.74. The fourth-order valence-corrected chi connectivity index (χ4v) is 2.98. The molecular weight excluding hydrogens is 255 g/mol. The van der Waals surface area contributed by atoms with Crippen LogP contribution in [0.25, 0.3) is 0 Å². The van der Waals surface area contributed by atoms with Gasteiger partial charge in [-0.3, -0.25) is 0 Å². The van der Waals surface area contributed by atoms with Gasteiger partial charge in [0.05, 0.1) is 18.8 Å². The average molecular weight is 272 g/mol. The van der Waals surface area contributed by atoms with E-state index in [1.165, 1.54) is 24.3 Å².